The van der Waals surface area contributed by atoms with Gasteiger partial charge < -0.3 is 0 Å². The van der Waals surface area contributed by atoms with E-state index in [4.69, 9.17) is 11.6 Å². The monoisotopic (exact) mass is 222 g/mol. The highest BCUT2D eigenvalue weighted by Crippen LogP contribution is 2.28. The number of nitro groups is 1. The van der Waals surface area contributed by atoms with Crippen LogP contribution in [-0.2, 0) is 5.88 Å². The lowest BCUT2D eigenvalue weighted by atomic mass is 10.1. The zero-order chi connectivity index (χ0) is 10.8. The minimum Gasteiger partial charge on any atom is -0.258 e. The first-order chi connectivity index (χ1) is 7.24. The molecular formula is C10H7ClN2O2. The Morgan fingerprint density at radius 3 is 2.80 bits per heavy atom. The van der Waals surface area contributed by atoms with Crippen molar-refractivity contribution in [1.29, 1.82) is 0 Å². The number of fused-ring (bicyclic) bond motifs is 1. The van der Waals surface area contributed by atoms with E-state index in [-0.39, 0.29) is 11.6 Å². The Bertz CT molecular complexity index is 528. The molecule has 0 unspecified atom stereocenters. The summed E-state index contributed by atoms with van der Waals surface area (Å²) in [7, 11) is 0. The predicted molar refractivity (Wildman–Crippen MR) is 58.0 cm³/mol. The number of hydrogen-bond acceptors (Lipinski definition) is 3. The van der Waals surface area contributed by atoms with E-state index in [0.29, 0.717) is 11.1 Å². The summed E-state index contributed by atoms with van der Waals surface area (Å²) in [6.07, 6.45) is 1.60. The molecule has 0 saturated carbocycles. The molecule has 0 saturated heterocycles. The maximum absolute atomic E-state index is 10.9. The number of pyridine rings is 1. The van der Waals surface area contributed by atoms with Gasteiger partial charge in [0.15, 0.2) is 0 Å². The topological polar surface area (TPSA) is 56.0 Å². The first-order valence-corrected chi connectivity index (χ1v) is 4.84. The second-order valence-electron chi connectivity index (χ2n) is 3.03. The Kier molecular flexibility index (Phi) is 2.51. The normalized spacial score (nSPS) is 10.5. The Balaban J connectivity index is 2.85. The Morgan fingerprint density at radius 1 is 1.40 bits per heavy atom. The summed E-state index contributed by atoms with van der Waals surface area (Å²) >= 11 is 5.61. The van der Waals surface area contributed by atoms with Crippen LogP contribution in [0.1, 0.15) is 5.69 Å². The molecule has 1 aromatic carbocycles. The summed E-state index contributed by atoms with van der Waals surface area (Å²) in [5.74, 6) is 0.0428. The molecule has 0 spiro atoms. The van der Waals surface area contributed by atoms with E-state index in [1.807, 2.05) is 6.07 Å². The number of alkyl halides is 1. The minimum absolute atomic E-state index is 0.00287. The fraction of sp³-hybridized carbons (Fsp3) is 0.100. The van der Waals surface area contributed by atoms with Crippen molar-refractivity contribution in [3.8, 4) is 0 Å². The van der Waals surface area contributed by atoms with Crippen LogP contribution in [0.2, 0.25) is 0 Å². The first-order valence-electron chi connectivity index (χ1n) is 4.31. The van der Waals surface area contributed by atoms with Crippen LogP contribution >= 0.6 is 11.6 Å². The molecule has 0 fully saturated rings. The summed E-state index contributed by atoms with van der Waals surface area (Å²) in [6.45, 7) is 0. The largest absolute Gasteiger partial charge is 0.299 e. The van der Waals surface area contributed by atoms with Gasteiger partial charge in [-0.2, -0.15) is 0 Å². The maximum Gasteiger partial charge on any atom is 0.299 e. The predicted octanol–water partition coefficient (Wildman–Crippen LogP) is 2.88. The van der Waals surface area contributed by atoms with Crippen LogP contribution in [-0.4, -0.2) is 9.91 Å². The van der Waals surface area contributed by atoms with Gasteiger partial charge in [0, 0.05) is 11.6 Å². The molecule has 15 heavy (non-hydrogen) atoms. The molecule has 0 aliphatic rings. The Hall–Kier alpha value is -1.68. The van der Waals surface area contributed by atoms with E-state index < -0.39 is 4.92 Å². The van der Waals surface area contributed by atoms with Crippen LogP contribution in [0.25, 0.3) is 10.8 Å². The second-order valence-corrected chi connectivity index (χ2v) is 3.30. The van der Waals surface area contributed by atoms with Gasteiger partial charge in [-0.15, -0.1) is 11.6 Å². The van der Waals surface area contributed by atoms with Gasteiger partial charge in [-0.1, -0.05) is 18.2 Å². The highest BCUT2D eigenvalue weighted by atomic mass is 35.5. The highest BCUT2D eigenvalue weighted by molar-refractivity contribution is 6.17. The standard InChI is InChI=1S/C10H7ClN2O2/c11-5-9-10(13(14)15)8-4-2-1-3-7(8)6-12-9/h1-4,6H,5H2. The van der Waals surface area contributed by atoms with E-state index in [1.165, 1.54) is 0 Å². The molecule has 76 valence electrons. The van der Waals surface area contributed by atoms with E-state index in [9.17, 15) is 10.1 Å². The van der Waals surface area contributed by atoms with Crippen molar-refractivity contribution in [3.05, 3.63) is 46.3 Å². The average Bonchev–Trinajstić information content (AvgIpc) is 2.27. The summed E-state index contributed by atoms with van der Waals surface area (Å²) in [6, 6.07) is 7.06. The lowest BCUT2D eigenvalue weighted by Gasteiger charge is -2.02. The highest BCUT2D eigenvalue weighted by Gasteiger charge is 2.18. The number of nitrogens with zero attached hydrogens (tertiary/aromatic N) is 2. The van der Waals surface area contributed by atoms with Crippen molar-refractivity contribution in [2.45, 2.75) is 5.88 Å². The van der Waals surface area contributed by atoms with Gasteiger partial charge in [0.1, 0.15) is 5.69 Å². The lowest BCUT2D eigenvalue weighted by molar-refractivity contribution is -0.384. The smallest absolute Gasteiger partial charge is 0.258 e. The molecule has 2 aromatic rings. The summed E-state index contributed by atoms with van der Waals surface area (Å²) in [4.78, 5) is 14.4. The number of hydrogen-bond donors (Lipinski definition) is 0. The Morgan fingerprint density at radius 2 is 2.13 bits per heavy atom. The van der Waals surface area contributed by atoms with Crippen molar-refractivity contribution in [2.24, 2.45) is 0 Å². The van der Waals surface area contributed by atoms with Gasteiger partial charge >= 0.3 is 0 Å². The van der Waals surface area contributed by atoms with Gasteiger partial charge in [0.2, 0.25) is 0 Å². The van der Waals surface area contributed by atoms with Crippen LogP contribution < -0.4 is 0 Å². The molecule has 1 heterocycles. The molecule has 0 N–H and O–H groups in total. The molecule has 0 bridgehead atoms. The van der Waals surface area contributed by atoms with Gasteiger partial charge in [-0.05, 0) is 6.07 Å². The molecule has 5 heteroatoms. The summed E-state index contributed by atoms with van der Waals surface area (Å²) < 4.78 is 0. The van der Waals surface area contributed by atoms with Crippen LogP contribution in [0, 0.1) is 10.1 Å². The zero-order valence-electron chi connectivity index (χ0n) is 7.68. The average molecular weight is 223 g/mol. The minimum atomic E-state index is -0.437. The van der Waals surface area contributed by atoms with Crippen molar-refractivity contribution < 1.29 is 4.92 Å². The van der Waals surface area contributed by atoms with Crippen LogP contribution in [0.4, 0.5) is 5.69 Å². The fourth-order valence-electron chi connectivity index (χ4n) is 1.49. The molecule has 0 aliphatic heterocycles. The number of rotatable bonds is 2. The fourth-order valence-corrected chi connectivity index (χ4v) is 1.69. The van der Waals surface area contributed by atoms with Gasteiger partial charge in [-0.25, -0.2) is 0 Å². The van der Waals surface area contributed by atoms with E-state index in [0.717, 1.165) is 5.39 Å². The van der Waals surface area contributed by atoms with Crippen molar-refractivity contribution in [3.63, 3.8) is 0 Å². The quantitative estimate of drug-likeness (QED) is 0.446. The van der Waals surface area contributed by atoms with E-state index >= 15 is 0 Å². The molecule has 0 radical (unpaired) electrons. The summed E-state index contributed by atoms with van der Waals surface area (Å²) in [5, 5.41) is 12.2. The summed E-state index contributed by atoms with van der Waals surface area (Å²) in [5.41, 5.74) is 0.309. The van der Waals surface area contributed by atoms with E-state index in [1.54, 1.807) is 24.4 Å². The first kappa shape index (κ1) is 9.86. The van der Waals surface area contributed by atoms with Crippen LogP contribution in [0.15, 0.2) is 30.5 Å². The molecule has 4 nitrogen and oxygen atoms in total. The molecule has 1 aromatic heterocycles. The van der Waals surface area contributed by atoms with Gasteiger partial charge in [-0.3, -0.25) is 15.1 Å². The van der Waals surface area contributed by atoms with Crippen molar-refractivity contribution in [2.75, 3.05) is 0 Å². The molecule has 0 aliphatic carbocycles. The number of halogens is 1. The molecule has 2 rings (SSSR count). The number of benzene rings is 1. The SMILES string of the molecule is O=[N+]([O-])c1c(CCl)ncc2ccccc12. The van der Waals surface area contributed by atoms with E-state index in [2.05, 4.69) is 4.98 Å². The van der Waals surface area contributed by atoms with Crippen LogP contribution in [0.5, 0.6) is 0 Å². The molecule has 0 amide bonds. The van der Waals surface area contributed by atoms with Gasteiger partial charge in [0.25, 0.3) is 5.69 Å². The molecule has 0 atom stereocenters. The zero-order valence-corrected chi connectivity index (χ0v) is 8.44. The third-order valence-electron chi connectivity index (χ3n) is 2.16. The van der Waals surface area contributed by atoms with Crippen molar-refractivity contribution in [1.82, 2.24) is 4.98 Å². The number of aromatic nitrogens is 1. The van der Waals surface area contributed by atoms with Gasteiger partial charge in [0.05, 0.1) is 16.2 Å². The third-order valence-corrected chi connectivity index (χ3v) is 2.41. The maximum atomic E-state index is 10.9. The Labute approximate surface area is 90.7 Å². The second kappa shape index (κ2) is 3.82. The van der Waals surface area contributed by atoms with Crippen molar-refractivity contribution >= 4 is 28.1 Å². The lowest BCUT2D eigenvalue weighted by Crippen LogP contribution is -1.97. The molecular weight excluding hydrogens is 216 g/mol. The third kappa shape index (κ3) is 1.64. The van der Waals surface area contributed by atoms with Crippen LogP contribution in [0.3, 0.4) is 0 Å².